The average molecular weight is 222 g/mol. The first-order chi connectivity index (χ1) is 7.15. The molecule has 0 amide bonds. The summed E-state index contributed by atoms with van der Waals surface area (Å²) in [6.45, 7) is 1.95. The molecule has 0 atom stereocenters. The molecule has 1 aromatic carbocycles. The van der Waals surface area contributed by atoms with Crippen LogP contribution in [0, 0.1) is 6.92 Å². The second-order valence-electron chi connectivity index (χ2n) is 3.31. The molecule has 0 aromatic heterocycles. The van der Waals surface area contributed by atoms with Gasteiger partial charge in [0.15, 0.2) is 0 Å². The van der Waals surface area contributed by atoms with E-state index in [0.29, 0.717) is 5.56 Å². The first-order valence-corrected chi connectivity index (χ1v) is 5.39. The lowest BCUT2D eigenvalue weighted by atomic mass is 10.0. The summed E-state index contributed by atoms with van der Waals surface area (Å²) >= 11 is 4.09. The third kappa shape index (κ3) is 3.44. The smallest absolute Gasteiger partial charge is 0.336 e. The van der Waals surface area contributed by atoms with Gasteiger partial charge >= 0.3 is 5.97 Å². The second kappa shape index (κ2) is 5.61. The van der Waals surface area contributed by atoms with Crippen LogP contribution < -0.4 is 0 Å². The molecule has 1 N–H and O–H groups in total. The van der Waals surface area contributed by atoms with Gasteiger partial charge < -0.3 is 5.11 Å². The Kier molecular flexibility index (Phi) is 4.43. The first-order valence-electron chi connectivity index (χ1n) is 4.76. The Morgan fingerprint density at radius 1 is 1.53 bits per heavy atom. The van der Waals surface area contributed by atoms with E-state index < -0.39 is 5.97 Å². The van der Waals surface area contributed by atoms with Crippen LogP contribution in [0.2, 0.25) is 0 Å². The number of benzene rings is 1. The molecule has 15 heavy (non-hydrogen) atoms. The van der Waals surface area contributed by atoms with Crippen molar-refractivity contribution in [3.8, 4) is 0 Å². The fourth-order valence-electron chi connectivity index (χ4n) is 1.30. The number of aryl methyl sites for hydroxylation is 1. The van der Waals surface area contributed by atoms with Gasteiger partial charge in [-0.25, -0.2) is 4.79 Å². The third-order valence-corrected chi connectivity index (χ3v) is 2.29. The number of allylic oxidation sites excluding steroid dienone is 1. The van der Waals surface area contributed by atoms with Gasteiger partial charge in [0.25, 0.3) is 0 Å². The number of aromatic carboxylic acids is 1. The van der Waals surface area contributed by atoms with Crippen molar-refractivity contribution < 1.29 is 9.90 Å². The lowest BCUT2D eigenvalue weighted by molar-refractivity contribution is 0.0696. The molecule has 0 spiro atoms. The number of hydrogen-bond acceptors (Lipinski definition) is 2. The average Bonchev–Trinajstić information content (AvgIpc) is 2.18. The Morgan fingerprint density at radius 3 is 2.87 bits per heavy atom. The summed E-state index contributed by atoms with van der Waals surface area (Å²) in [5, 5.41) is 8.96. The minimum absolute atomic E-state index is 0.344. The Balaban J connectivity index is 3.02. The highest BCUT2D eigenvalue weighted by Crippen LogP contribution is 2.14. The van der Waals surface area contributed by atoms with Crippen LogP contribution in [0.5, 0.6) is 0 Å². The molecule has 0 unspecified atom stereocenters. The van der Waals surface area contributed by atoms with Gasteiger partial charge in [0, 0.05) is 0 Å². The van der Waals surface area contributed by atoms with Crippen molar-refractivity contribution in [2.75, 3.05) is 5.75 Å². The third-order valence-electron chi connectivity index (χ3n) is 2.03. The Hall–Kier alpha value is -1.22. The van der Waals surface area contributed by atoms with E-state index in [9.17, 15) is 4.79 Å². The van der Waals surface area contributed by atoms with Gasteiger partial charge in [0.05, 0.1) is 5.56 Å². The van der Waals surface area contributed by atoms with Crippen LogP contribution in [-0.2, 0) is 0 Å². The van der Waals surface area contributed by atoms with Gasteiger partial charge in [-0.2, -0.15) is 12.6 Å². The monoisotopic (exact) mass is 222 g/mol. The molecular formula is C12H14O2S. The molecule has 0 bridgehead atoms. The van der Waals surface area contributed by atoms with Gasteiger partial charge in [-0.15, -0.1) is 0 Å². The topological polar surface area (TPSA) is 37.3 Å². The Morgan fingerprint density at radius 2 is 2.27 bits per heavy atom. The standard InChI is InChI=1S/C12H14O2S/c1-9-5-6-11(12(13)14)10(8-9)4-2-3-7-15/h2,4-6,8,15H,3,7H2,1H3,(H,13,14). The lowest BCUT2D eigenvalue weighted by Gasteiger charge is -2.02. The number of thiol groups is 1. The fourth-order valence-corrected chi connectivity index (χ4v) is 1.45. The molecule has 80 valence electrons. The molecule has 0 saturated heterocycles. The van der Waals surface area contributed by atoms with Gasteiger partial charge in [-0.3, -0.25) is 0 Å². The maximum Gasteiger partial charge on any atom is 0.336 e. The highest BCUT2D eigenvalue weighted by atomic mass is 32.1. The van der Waals surface area contributed by atoms with E-state index in [1.807, 2.05) is 25.1 Å². The zero-order valence-electron chi connectivity index (χ0n) is 8.60. The van der Waals surface area contributed by atoms with Crippen molar-refractivity contribution >= 4 is 24.7 Å². The van der Waals surface area contributed by atoms with Crippen molar-refractivity contribution in [3.05, 3.63) is 41.0 Å². The second-order valence-corrected chi connectivity index (χ2v) is 3.76. The number of carboxylic acid groups (broad SMARTS) is 1. The largest absolute Gasteiger partial charge is 0.478 e. The molecular weight excluding hydrogens is 208 g/mol. The van der Waals surface area contributed by atoms with Gasteiger partial charge in [-0.1, -0.05) is 29.8 Å². The van der Waals surface area contributed by atoms with Crippen LogP contribution in [0.4, 0.5) is 0 Å². The van der Waals surface area contributed by atoms with E-state index in [-0.39, 0.29) is 0 Å². The quantitative estimate of drug-likeness (QED) is 0.768. The minimum Gasteiger partial charge on any atom is -0.478 e. The summed E-state index contributed by atoms with van der Waals surface area (Å²) in [6, 6.07) is 5.32. The zero-order valence-corrected chi connectivity index (χ0v) is 9.50. The molecule has 3 heteroatoms. The SMILES string of the molecule is Cc1ccc(C(=O)O)c(C=CCCS)c1. The van der Waals surface area contributed by atoms with E-state index in [1.165, 1.54) is 0 Å². The Labute approximate surface area is 95.0 Å². The summed E-state index contributed by atoms with van der Waals surface area (Å²) in [5.41, 5.74) is 2.16. The molecule has 1 rings (SSSR count). The molecule has 0 saturated carbocycles. The summed E-state index contributed by atoms with van der Waals surface area (Å²) < 4.78 is 0. The summed E-state index contributed by atoms with van der Waals surface area (Å²) in [7, 11) is 0. The summed E-state index contributed by atoms with van der Waals surface area (Å²) in [5.74, 6) is -0.120. The maximum atomic E-state index is 10.9. The van der Waals surface area contributed by atoms with Crippen molar-refractivity contribution in [1.29, 1.82) is 0 Å². The highest BCUT2D eigenvalue weighted by molar-refractivity contribution is 7.80. The van der Waals surface area contributed by atoms with Crippen LogP contribution in [0.25, 0.3) is 6.08 Å². The number of hydrogen-bond donors (Lipinski definition) is 2. The van der Waals surface area contributed by atoms with Crippen molar-refractivity contribution in [2.45, 2.75) is 13.3 Å². The molecule has 0 radical (unpaired) electrons. The van der Waals surface area contributed by atoms with E-state index in [2.05, 4.69) is 12.6 Å². The van der Waals surface area contributed by atoms with Crippen LogP contribution >= 0.6 is 12.6 Å². The van der Waals surface area contributed by atoms with Crippen LogP contribution in [-0.4, -0.2) is 16.8 Å². The summed E-state index contributed by atoms with van der Waals surface area (Å²) in [6.07, 6.45) is 4.62. The fraction of sp³-hybridized carbons (Fsp3) is 0.250. The predicted molar refractivity (Wildman–Crippen MR) is 65.6 cm³/mol. The molecule has 0 aliphatic heterocycles. The number of carbonyl (C=O) groups is 1. The lowest BCUT2D eigenvalue weighted by Crippen LogP contribution is -1.99. The Bertz CT molecular complexity index is 383. The van der Waals surface area contributed by atoms with E-state index >= 15 is 0 Å². The number of rotatable bonds is 4. The van der Waals surface area contributed by atoms with Crippen molar-refractivity contribution in [2.24, 2.45) is 0 Å². The van der Waals surface area contributed by atoms with E-state index in [4.69, 9.17) is 5.11 Å². The number of carboxylic acids is 1. The van der Waals surface area contributed by atoms with Crippen LogP contribution in [0.15, 0.2) is 24.3 Å². The molecule has 0 heterocycles. The molecule has 0 aliphatic rings. The molecule has 1 aromatic rings. The van der Waals surface area contributed by atoms with Crippen molar-refractivity contribution in [3.63, 3.8) is 0 Å². The van der Waals surface area contributed by atoms with Crippen molar-refractivity contribution in [1.82, 2.24) is 0 Å². The minimum atomic E-state index is -0.888. The zero-order chi connectivity index (χ0) is 11.3. The van der Waals surface area contributed by atoms with Gasteiger partial charge in [0.2, 0.25) is 0 Å². The van der Waals surface area contributed by atoms with Gasteiger partial charge in [0.1, 0.15) is 0 Å². The summed E-state index contributed by atoms with van der Waals surface area (Å²) in [4.78, 5) is 10.9. The maximum absolute atomic E-state index is 10.9. The first kappa shape index (κ1) is 11.9. The molecule has 2 nitrogen and oxygen atoms in total. The van der Waals surface area contributed by atoms with E-state index in [0.717, 1.165) is 23.3 Å². The normalized spacial score (nSPS) is 10.8. The molecule has 0 fully saturated rings. The highest BCUT2D eigenvalue weighted by Gasteiger charge is 2.06. The van der Waals surface area contributed by atoms with E-state index in [1.54, 1.807) is 12.1 Å². The van der Waals surface area contributed by atoms with Gasteiger partial charge in [-0.05, 0) is 30.7 Å². The van der Waals surface area contributed by atoms with Crippen LogP contribution in [0.1, 0.15) is 27.9 Å². The molecule has 0 aliphatic carbocycles. The predicted octanol–water partition coefficient (Wildman–Crippen LogP) is 3.03. The van der Waals surface area contributed by atoms with Crippen LogP contribution in [0.3, 0.4) is 0 Å².